The summed E-state index contributed by atoms with van der Waals surface area (Å²) in [7, 11) is -3.41. The molecular weight excluding hydrogens is 433 g/mol. The van der Waals surface area contributed by atoms with Gasteiger partial charge in [0.15, 0.2) is 0 Å². The number of nitrogens with one attached hydrogen (secondary N) is 1. The van der Waals surface area contributed by atoms with E-state index >= 15 is 0 Å². The molecule has 2 unspecified atom stereocenters. The van der Waals surface area contributed by atoms with Crippen molar-refractivity contribution in [1.29, 1.82) is 0 Å². The average Bonchev–Trinajstić information content (AvgIpc) is 2.74. The monoisotopic (exact) mass is 465 g/mol. The van der Waals surface area contributed by atoms with Crippen LogP contribution in [0, 0.1) is 0 Å². The lowest BCUT2D eigenvalue weighted by molar-refractivity contribution is -0.137. The summed E-state index contributed by atoms with van der Waals surface area (Å²) in [6.45, 7) is 5.57. The summed E-state index contributed by atoms with van der Waals surface area (Å²) >= 11 is -1.52. The summed E-state index contributed by atoms with van der Waals surface area (Å²) < 4.78 is 35.3. The quantitative estimate of drug-likeness (QED) is 0.339. The van der Waals surface area contributed by atoms with Crippen molar-refractivity contribution in [1.82, 2.24) is 4.72 Å². The van der Waals surface area contributed by atoms with Crippen LogP contribution in [-0.4, -0.2) is 32.3 Å². The average molecular weight is 466 g/mol. The van der Waals surface area contributed by atoms with Crippen molar-refractivity contribution >= 4 is 24.7 Å². The van der Waals surface area contributed by atoms with E-state index < -0.39 is 35.2 Å². The van der Waals surface area contributed by atoms with Crippen LogP contribution in [0.3, 0.4) is 0 Å². The van der Waals surface area contributed by atoms with Crippen molar-refractivity contribution in [2.24, 2.45) is 0 Å². The normalized spacial score (nSPS) is 15.7. The highest BCUT2D eigenvalue weighted by Crippen LogP contribution is 2.54. The highest BCUT2D eigenvalue weighted by molar-refractivity contribution is 7.91. The molecule has 0 fully saturated rings. The number of hydrogen-bond acceptors (Lipinski definition) is 5. The Labute approximate surface area is 188 Å². The molecule has 0 saturated carbocycles. The van der Waals surface area contributed by atoms with Crippen LogP contribution in [0.4, 0.5) is 0 Å². The molecule has 0 bridgehead atoms. The fraction of sp³-hybridized carbons (Fsp3) is 0.435. The number of aryl methyl sites for hydroxylation is 1. The second kappa shape index (κ2) is 11.8. The van der Waals surface area contributed by atoms with E-state index in [2.05, 4.69) is 4.72 Å². The fourth-order valence-corrected chi connectivity index (χ4v) is 6.62. The van der Waals surface area contributed by atoms with Gasteiger partial charge >= 0.3 is 5.97 Å². The Kier molecular flexibility index (Phi) is 9.79. The van der Waals surface area contributed by atoms with Crippen molar-refractivity contribution in [3.05, 3.63) is 71.8 Å². The number of benzene rings is 2. The number of aliphatic carboxylic acids is 1. The van der Waals surface area contributed by atoms with Crippen molar-refractivity contribution in [2.75, 3.05) is 6.16 Å². The second-order valence-electron chi connectivity index (χ2n) is 8.39. The molecule has 3 atom stereocenters. The first-order valence-corrected chi connectivity index (χ1v) is 13.3. The molecule has 170 valence electrons. The molecular formula is C23H32NO5PS. The topological polar surface area (TPSA) is 98.7 Å². The van der Waals surface area contributed by atoms with Crippen molar-refractivity contribution in [3.8, 4) is 0 Å². The minimum Gasteiger partial charge on any atom is -0.598 e. The Morgan fingerprint density at radius 2 is 1.65 bits per heavy atom. The molecule has 2 aromatic rings. The highest BCUT2D eigenvalue weighted by Gasteiger charge is 2.40. The van der Waals surface area contributed by atoms with Crippen LogP contribution in [0.5, 0.6) is 0 Å². The van der Waals surface area contributed by atoms with Gasteiger partial charge in [-0.15, -0.1) is 4.72 Å². The van der Waals surface area contributed by atoms with E-state index in [4.69, 9.17) is 4.52 Å². The molecule has 0 aliphatic heterocycles. The molecule has 0 saturated heterocycles. The van der Waals surface area contributed by atoms with Gasteiger partial charge < -0.3 is 14.2 Å². The Balaban J connectivity index is 2.27. The maximum atomic E-state index is 14.1. The van der Waals surface area contributed by atoms with Gasteiger partial charge in [0.05, 0.1) is 6.61 Å². The molecule has 0 aromatic heterocycles. The SMILES string of the molecule is CC(C)(C)[S@@+]([O-])NC(CCC(=O)O)P(=O)(CCc1ccccc1)OCc1ccccc1. The molecule has 8 heteroatoms. The first-order valence-electron chi connectivity index (χ1n) is 10.3. The molecule has 2 aromatic carbocycles. The minimum absolute atomic E-state index is 0.0675. The molecule has 0 aliphatic rings. The van der Waals surface area contributed by atoms with Crippen LogP contribution >= 0.6 is 7.37 Å². The summed E-state index contributed by atoms with van der Waals surface area (Å²) in [6.07, 6.45) is 0.615. The van der Waals surface area contributed by atoms with Gasteiger partial charge in [0.25, 0.3) is 0 Å². The van der Waals surface area contributed by atoms with E-state index in [9.17, 15) is 19.0 Å². The van der Waals surface area contributed by atoms with Crippen molar-refractivity contribution in [3.63, 3.8) is 0 Å². The summed E-state index contributed by atoms with van der Waals surface area (Å²) in [6, 6.07) is 19.1. The predicted molar refractivity (Wildman–Crippen MR) is 126 cm³/mol. The lowest BCUT2D eigenvalue weighted by Crippen LogP contribution is -2.45. The third-order valence-corrected chi connectivity index (χ3v) is 9.29. The second-order valence-corrected chi connectivity index (χ2v) is 13.2. The Bertz CT molecular complexity index is 810. The molecule has 6 nitrogen and oxygen atoms in total. The minimum atomic E-state index is -3.41. The lowest BCUT2D eigenvalue weighted by Gasteiger charge is -2.32. The van der Waals surface area contributed by atoms with Gasteiger partial charge in [0.2, 0.25) is 7.37 Å². The lowest BCUT2D eigenvalue weighted by atomic mass is 10.2. The zero-order valence-corrected chi connectivity index (χ0v) is 20.0. The van der Waals surface area contributed by atoms with E-state index in [1.165, 1.54) is 0 Å². The van der Waals surface area contributed by atoms with Gasteiger partial charge in [0, 0.05) is 23.9 Å². The maximum Gasteiger partial charge on any atom is 0.303 e. The zero-order chi connectivity index (χ0) is 22.9. The number of rotatable bonds is 12. The smallest absolute Gasteiger partial charge is 0.303 e. The largest absolute Gasteiger partial charge is 0.598 e. The summed E-state index contributed by atoms with van der Waals surface area (Å²) in [4.78, 5) is 11.2. The first kappa shape index (κ1) is 25.6. The Hall–Kier alpha value is -1.63. The summed E-state index contributed by atoms with van der Waals surface area (Å²) in [5.41, 5.74) is 1.89. The number of carbonyl (C=O) groups is 1. The van der Waals surface area contributed by atoms with Crippen LogP contribution < -0.4 is 4.72 Å². The van der Waals surface area contributed by atoms with Gasteiger partial charge in [-0.1, -0.05) is 60.7 Å². The Morgan fingerprint density at radius 1 is 1.10 bits per heavy atom. The van der Waals surface area contributed by atoms with E-state index in [-0.39, 0.29) is 25.6 Å². The summed E-state index contributed by atoms with van der Waals surface area (Å²) in [5.74, 6) is -1.82. The standard InChI is InChI=1S/C23H32NO5PS/c1-23(2,3)31(28)24-21(14-15-22(25)26)30(27,17-16-19-10-6-4-7-11-19)29-18-20-12-8-5-9-13-20/h4-13,21,24H,14-18H2,1-3H3,(H,25,26)/t21?,30?,31-/m1/s1. The molecule has 0 heterocycles. The Morgan fingerprint density at radius 3 is 2.16 bits per heavy atom. The molecule has 2 N–H and O–H groups in total. The van der Waals surface area contributed by atoms with Crippen LogP contribution in [0.25, 0.3) is 0 Å². The van der Waals surface area contributed by atoms with E-state index in [0.717, 1.165) is 11.1 Å². The van der Waals surface area contributed by atoms with Crippen LogP contribution in [0.2, 0.25) is 0 Å². The van der Waals surface area contributed by atoms with Crippen LogP contribution in [0.15, 0.2) is 60.7 Å². The van der Waals surface area contributed by atoms with Gasteiger partial charge in [-0.2, -0.15) is 0 Å². The fourth-order valence-electron chi connectivity index (χ4n) is 2.89. The zero-order valence-electron chi connectivity index (χ0n) is 18.3. The van der Waals surface area contributed by atoms with Gasteiger partial charge in [-0.25, -0.2) is 0 Å². The summed E-state index contributed by atoms with van der Waals surface area (Å²) in [5, 5.41) is 9.20. The van der Waals surface area contributed by atoms with Gasteiger partial charge in [-0.3, -0.25) is 9.36 Å². The van der Waals surface area contributed by atoms with E-state index in [1.807, 2.05) is 81.4 Å². The van der Waals surface area contributed by atoms with E-state index in [0.29, 0.717) is 6.42 Å². The third-order valence-electron chi connectivity index (χ3n) is 4.75. The molecule has 0 radical (unpaired) electrons. The molecule has 2 rings (SSSR count). The predicted octanol–water partition coefficient (Wildman–Crippen LogP) is 4.97. The van der Waals surface area contributed by atoms with E-state index in [1.54, 1.807) is 0 Å². The number of carboxylic acids is 1. The number of carboxylic acid groups (broad SMARTS) is 1. The molecule has 0 aliphatic carbocycles. The number of hydrogen-bond donors (Lipinski definition) is 2. The van der Waals surface area contributed by atoms with Gasteiger partial charge in [0.1, 0.15) is 10.5 Å². The maximum absolute atomic E-state index is 14.1. The van der Waals surface area contributed by atoms with Crippen LogP contribution in [0.1, 0.15) is 44.7 Å². The van der Waals surface area contributed by atoms with Gasteiger partial charge in [-0.05, 0) is 44.7 Å². The first-order chi connectivity index (χ1) is 14.6. The highest BCUT2D eigenvalue weighted by atomic mass is 32.2. The van der Waals surface area contributed by atoms with Crippen molar-refractivity contribution < 1.29 is 23.5 Å². The molecule has 0 amide bonds. The molecule has 0 spiro atoms. The van der Waals surface area contributed by atoms with Crippen molar-refractivity contribution in [2.45, 2.75) is 57.2 Å². The van der Waals surface area contributed by atoms with Crippen LogP contribution in [-0.2, 0) is 38.3 Å². The third kappa shape index (κ3) is 8.79. The molecule has 31 heavy (non-hydrogen) atoms.